The van der Waals surface area contributed by atoms with Crippen molar-refractivity contribution in [1.29, 1.82) is 0 Å². The van der Waals surface area contributed by atoms with Gasteiger partial charge in [0.2, 0.25) is 0 Å². The number of para-hydroxylation sites is 2. The van der Waals surface area contributed by atoms with Crippen molar-refractivity contribution in [2.45, 2.75) is 24.3 Å². The molecule has 1 amide bonds. The minimum absolute atomic E-state index is 0.00527. The normalized spacial score (nSPS) is 32.9. The first-order valence-electron chi connectivity index (χ1n) is 9.04. The van der Waals surface area contributed by atoms with Crippen molar-refractivity contribution in [2.75, 3.05) is 18.5 Å². The summed E-state index contributed by atoms with van der Waals surface area (Å²) in [5.41, 5.74) is 0.517. The number of nitrogens with one attached hydrogen (secondary N) is 1. The summed E-state index contributed by atoms with van der Waals surface area (Å²) in [5.74, 6) is -1.66. The lowest BCUT2D eigenvalue weighted by molar-refractivity contribution is -0.157. The van der Waals surface area contributed by atoms with Crippen molar-refractivity contribution in [2.24, 2.45) is 23.7 Å². The van der Waals surface area contributed by atoms with E-state index in [1.54, 1.807) is 24.3 Å². The summed E-state index contributed by atoms with van der Waals surface area (Å²) >= 11 is 3.55. The molecule has 1 aromatic rings. The van der Waals surface area contributed by atoms with Crippen LogP contribution in [0.4, 0.5) is 5.69 Å². The first kappa shape index (κ1) is 18.3. The molecule has 0 unspecified atom stereocenters. The molecule has 4 rings (SSSR count). The SMILES string of the molecule is CCOc1ccccc1NC(=O)COC(=O)[C@@H]1[C@H]2C[C@H]3[C@H](OC(=O)[C@H]31)[C@@H]2Br. The Balaban J connectivity index is 1.36. The van der Waals surface area contributed by atoms with E-state index in [2.05, 4.69) is 21.2 Å². The van der Waals surface area contributed by atoms with Gasteiger partial charge in [-0.25, -0.2) is 0 Å². The number of hydrogen-bond donors (Lipinski definition) is 1. The molecule has 2 saturated carbocycles. The van der Waals surface area contributed by atoms with Crippen LogP contribution in [0.25, 0.3) is 0 Å². The van der Waals surface area contributed by atoms with Gasteiger partial charge in [-0.05, 0) is 31.4 Å². The van der Waals surface area contributed by atoms with Gasteiger partial charge in [0, 0.05) is 5.92 Å². The van der Waals surface area contributed by atoms with E-state index in [-0.39, 0.29) is 28.7 Å². The summed E-state index contributed by atoms with van der Waals surface area (Å²) in [4.78, 5) is 36.8. The largest absolute Gasteiger partial charge is 0.492 e. The zero-order valence-electron chi connectivity index (χ0n) is 14.7. The number of esters is 2. The molecular weight excluding hydrogens is 418 g/mol. The van der Waals surface area contributed by atoms with Crippen LogP contribution in [0.15, 0.2) is 24.3 Å². The van der Waals surface area contributed by atoms with Crippen molar-refractivity contribution in [3.63, 3.8) is 0 Å². The number of halogens is 1. The maximum atomic E-state index is 12.6. The van der Waals surface area contributed by atoms with Crippen molar-refractivity contribution in [3.05, 3.63) is 24.3 Å². The van der Waals surface area contributed by atoms with Crippen molar-refractivity contribution in [1.82, 2.24) is 0 Å². The molecule has 0 radical (unpaired) electrons. The van der Waals surface area contributed by atoms with Crippen LogP contribution in [0.3, 0.4) is 0 Å². The summed E-state index contributed by atoms with van der Waals surface area (Å²) in [5, 5.41) is 2.68. The van der Waals surface area contributed by atoms with E-state index in [4.69, 9.17) is 14.2 Å². The molecule has 2 aliphatic carbocycles. The van der Waals surface area contributed by atoms with Crippen molar-refractivity contribution >= 4 is 39.5 Å². The Kier molecular flexibility index (Phi) is 4.84. The topological polar surface area (TPSA) is 90.9 Å². The minimum Gasteiger partial charge on any atom is -0.492 e. The van der Waals surface area contributed by atoms with Gasteiger partial charge in [-0.3, -0.25) is 14.4 Å². The van der Waals surface area contributed by atoms with E-state index in [1.165, 1.54) is 0 Å². The molecule has 0 aromatic heterocycles. The highest BCUT2D eigenvalue weighted by atomic mass is 79.9. The highest BCUT2D eigenvalue weighted by molar-refractivity contribution is 9.09. The standard InChI is InChI=1S/C19H20BrNO6/c1-2-25-12-6-4-3-5-11(12)21-13(22)8-26-18(23)14-9-7-10-15(14)19(24)27-17(10)16(9)20/h3-6,9-10,14-17H,2,7-8H2,1H3,(H,21,22)/t9-,10-,14-,15-,16-,17+/m1/s1. The average molecular weight is 438 g/mol. The quantitative estimate of drug-likeness (QED) is 0.541. The summed E-state index contributed by atoms with van der Waals surface area (Å²) < 4.78 is 16.1. The van der Waals surface area contributed by atoms with Crippen LogP contribution < -0.4 is 10.1 Å². The third-order valence-corrected chi connectivity index (χ3v) is 6.80. The van der Waals surface area contributed by atoms with Crippen LogP contribution in [0, 0.1) is 23.7 Å². The molecule has 144 valence electrons. The molecule has 1 aromatic carbocycles. The lowest BCUT2D eigenvalue weighted by Gasteiger charge is -2.26. The number of rotatable bonds is 6. The van der Waals surface area contributed by atoms with Crippen LogP contribution in [0.2, 0.25) is 0 Å². The third-order valence-electron chi connectivity index (χ3n) is 5.60. The fourth-order valence-corrected chi connectivity index (χ4v) is 5.61. The van der Waals surface area contributed by atoms with Crippen LogP contribution in [0.1, 0.15) is 13.3 Å². The summed E-state index contributed by atoms with van der Waals surface area (Å²) in [6.45, 7) is 1.91. The Morgan fingerprint density at radius 2 is 2.07 bits per heavy atom. The lowest BCUT2D eigenvalue weighted by atomic mass is 9.80. The number of benzene rings is 1. The van der Waals surface area contributed by atoms with E-state index in [0.717, 1.165) is 6.42 Å². The number of amides is 1. The highest BCUT2D eigenvalue weighted by Gasteiger charge is 2.68. The second kappa shape index (κ2) is 7.14. The molecule has 27 heavy (non-hydrogen) atoms. The summed E-state index contributed by atoms with van der Waals surface area (Å²) in [7, 11) is 0. The maximum Gasteiger partial charge on any atom is 0.310 e. The van der Waals surface area contributed by atoms with Crippen molar-refractivity contribution < 1.29 is 28.6 Å². The van der Waals surface area contributed by atoms with Gasteiger partial charge >= 0.3 is 11.9 Å². The van der Waals surface area contributed by atoms with Gasteiger partial charge in [0.15, 0.2) is 6.61 Å². The fourth-order valence-electron chi connectivity index (χ4n) is 4.56. The fraction of sp³-hybridized carbons (Fsp3) is 0.526. The number of carbonyl (C=O) groups is 3. The Morgan fingerprint density at radius 1 is 1.30 bits per heavy atom. The van der Waals surface area contributed by atoms with Gasteiger partial charge in [-0.1, -0.05) is 28.1 Å². The number of fused-ring (bicyclic) bond motifs is 1. The van der Waals surface area contributed by atoms with Gasteiger partial charge in [0.1, 0.15) is 11.9 Å². The van der Waals surface area contributed by atoms with Crippen LogP contribution in [-0.4, -0.2) is 42.0 Å². The molecule has 0 spiro atoms. The van der Waals surface area contributed by atoms with Crippen LogP contribution >= 0.6 is 15.9 Å². The minimum atomic E-state index is -0.547. The summed E-state index contributed by atoms with van der Waals surface area (Å²) in [6, 6.07) is 7.04. The predicted molar refractivity (Wildman–Crippen MR) is 98.4 cm³/mol. The van der Waals surface area contributed by atoms with Gasteiger partial charge in [0.25, 0.3) is 5.91 Å². The molecule has 1 saturated heterocycles. The molecule has 6 atom stereocenters. The van der Waals surface area contributed by atoms with Gasteiger partial charge in [-0.15, -0.1) is 0 Å². The molecule has 1 aliphatic heterocycles. The first-order valence-corrected chi connectivity index (χ1v) is 9.95. The molecule has 3 fully saturated rings. The first-order chi connectivity index (χ1) is 13.0. The molecule has 1 N–H and O–H groups in total. The number of carbonyl (C=O) groups excluding carboxylic acids is 3. The second-order valence-electron chi connectivity index (χ2n) is 7.05. The average Bonchev–Trinajstić information content (AvgIpc) is 3.26. The van der Waals surface area contributed by atoms with Gasteiger partial charge in [0.05, 0.1) is 29.0 Å². The predicted octanol–water partition coefficient (Wildman–Crippen LogP) is 2.14. The van der Waals surface area contributed by atoms with Crippen LogP contribution in [0.5, 0.6) is 5.75 Å². The molecular formula is C19H20BrNO6. The van der Waals surface area contributed by atoms with E-state index >= 15 is 0 Å². The molecule has 8 heteroatoms. The number of ether oxygens (including phenoxy) is 3. The van der Waals surface area contributed by atoms with Gasteiger partial charge < -0.3 is 19.5 Å². The zero-order valence-corrected chi connectivity index (χ0v) is 16.3. The summed E-state index contributed by atoms with van der Waals surface area (Å²) in [6.07, 6.45) is 0.625. The Bertz CT molecular complexity index is 783. The molecule has 1 heterocycles. The lowest BCUT2D eigenvalue weighted by Crippen LogP contribution is -2.39. The number of alkyl halides is 1. The number of anilines is 1. The molecule has 2 bridgehead atoms. The Labute approximate surface area is 164 Å². The van der Waals surface area contributed by atoms with E-state index in [1.807, 2.05) is 6.92 Å². The number of hydrogen-bond acceptors (Lipinski definition) is 6. The maximum absolute atomic E-state index is 12.6. The monoisotopic (exact) mass is 437 g/mol. The van der Waals surface area contributed by atoms with E-state index < -0.39 is 30.3 Å². The van der Waals surface area contributed by atoms with Gasteiger partial charge in [-0.2, -0.15) is 0 Å². The van der Waals surface area contributed by atoms with E-state index in [9.17, 15) is 14.4 Å². The Hall–Kier alpha value is -2.09. The second-order valence-corrected chi connectivity index (χ2v) is 8.10. The van der Waals surface area contributed by atoms with Crippen molar-refractivity contribution in [3.8, 4) is 5.75 Å². The van der Waals surface area contributed by atoms with E-state index in [0.29, 0.717) is 18.0 Å². The molecule has 3 aliphatic rings. The molecule has 7 nitrogen and oxygen atoms in total. The smallest absolute Gasteiger partial charge is 0.310 e. The highest BCUT2D eigenvalue weighted by Crippen LogP contribution is 2.60. The van der Waals surface area contributed by atoms with Crippen LogP contribution in [-0.2, 0) is 23.9 Å². The third kappa shape index (κ3) is 3.09. The Morgan fingerprint density at radius 3 is 2.85 bits per heavy atom. The zero-order chi connectivity index (χ0) is 19.1.